The Labute approximate surface area is 196 Å². The molecular formula is C23H34ClN3O4S. The fourth-order valence-electron chi connectivity index (χ4n) is 4.61. The molecule has 0 bridgehead atoms. The highest BCUT2D eigenvalue weighted by Crippen LogP contribution is 2.33. The van der Waals surface area contributed by atoms with Crippen LogP contribution in [0.3, 0.4) is 0 Å². The molecule has 0 aromatic heterocycles. The molecule has 0 radical (unpaired) electrons. The van der Waals surface area contributed by atoms with Crippen LogP contribution in [0, 0.1) is 6.92 Å². The number of aryl methyl sites for hydroxylation is 1. The van der Waals surface area contributed by atoms with Crippen LogP contribution < -0.4 is 10.2 Å². The van der Waals surface area contributed by atoms with Gasteiger partial charge in [-0.15, -0.1) is 0 Å². The number of nitrogens with one attached hydrogen (secondary N) is 1. The van der Waals surface area contributed by atoms with E-state index in [-0.39, 0.29) is 30.8 Å². The lowest BCUT2D eigenvalue weighted by atomic mass is 9.92. The quantitative estimate of drug-likeness (QED) is 0.692. The second-order valence-corrected chi connectivity index (χ2v) is 11.8. The first-order valence-corrected chi connectivity index (χ1v) is 13.4. The van der Waals surface area contributed by atoms with Gasteiger partial charge in [0.1, 0.15) is 5.54 Å². The van der Waals surface area contributed by atoms with E-state index in [1.165, 1.54) is 18.2 Å². The van der Waals surface area contributed by atoms with Crippen molar-refractivity contribution in [2.24, 2.45) is 0 Å². The van der Waals surface area contributed by atoms with Crippen molar-refractivity contribution in [2.75, 3.05) is 23.7 Å². The third-order valence-electron chi connectivity index (χ3n) is 6.64. The lowest BCUT2D eigenvalue weighted by Gasteiger charge is -2.47. The second-order valence-electron chi connectivity index (χ2n) is 9.12. The molecule has 1 aromatic rings. The topological polar surface area (TPSA) is 86.8 Å². The first-order chi connectivity index (χ1) is 15.1. The van der Waals surface area contributed by atoms with E-state index in [9.17, 15) is 18.0 Å². The Morgan fingerprint density at radius 1 is 1.19 bits per heavy atom. The summed E-state index contributed by atoms with van der Waals surface area (Å²) < 4.78 is 26.4. The maximum atomic E-state index is 13.7. The van der Waals surface area contributed by atoms with Gasteiger partial charge in [-0.25, -0.2) is 8.42 Å². The average Bonchev–Trinajstić information content (AvgIpc) is 2.71. The van der Waals surface area contributed by atoms with Gasteiger partial charge in [0.15, 0.2) is 0 Å². The van der Waals surface area contributed by atoms with E-state index in [4.69, 9.17) is 11.6 Å². The molecule has 1 saturated carbocycles. The highest BCUT2D eigenvalue weighted by Gasteiger charge is 2.51. The van der Waals surface area contributed by atoms with Crippen molar-refractivity contribution in [1.82, 2.24) is 9.62 Å². The van der Waals surface area contributed by atoms with Crippen LogP contribution in [0.5, 0.6) is 0 Å². The van der Waals surface area contributed by atoms with E-state index in [2.05, 4.69) is 5.32 Å². The predicted octanol–water partition coefficient (Wildman–Crippen LogP) is 3.63. The van der Waals surface area contributed by atoms with Crippen molar-refractivity contribution in [3.8, 4) is 0 Å². The summed E-state index contributed by atoms with van der Waals surface area (Å²) in [5.74, 6) is -0.899. The molecule has 1 N–H and O–H groups in total. The van der Waals surface area contributed by atoms with Crippen LogP contribution in [0.1, 0.15) is 64.4 Å². The molecule has 1 saturated heterocycles. The van der Waals surface area contributed by atoms with Crippen LogP contribution >= 0.6 is 11.6 Å². The molecule has 1 aliphatic carbocycles. The van der Waals surface area contributed by atoms with Gasteiger partial charge in [-0.3, -0.25) is 14.5 Å². The number of rotatable bonds is 5. The normalized spacial score (nSPS) is 24.1. The SMILES string of the molecule is CCS(=O)(=O)N1CC(=O)N(c2ccc(C)c(Cl)c2)[C@](C)(C(=O)NC2CCCCCCC2)C1. The highest BCUT2D eigenvalue weighted by atomic mass is 35.5. The summed E-state index contributed by atoms with van der Waals surface area (Å²) in [6, 6.07) is 5.24. The van der Waals surface area contributed by atoms with Gasteiger partial charge in [0.05, 0.1) is 12.3 Å². The van der Waals surface area contributed by atoms with E-state index >= 15 is 0 Å². The molecule has 1 aromatic carbocycles. The lowest BCUT2D eigenvalue weighted by molar-refractivity contribution is -0.133. The molecule has 2 amide bonds. The van der Waals surface area contributed by atoms with E-state index in [1.54, 1.807) is 25.1 Å². The van der Waals surface area contributed by atoms with Gasteiger partial charge < -0.3 is 5.32 Å². The van der Waals surface area contributed by atoms with Crippen LogP contribution in [0.4, 0.5) is 5.69 Å². The standard InChI is InChI=1S/C23H34ClN3O4S/c1-4-32(30,31)26-15-21(28)27(19-13-12-17(2)20(24)14-19)23(3,16-26)22(29)25-18-10-8-6-5-7-9-11-18/h12-14,18H,4-11,15-16H2,1-3H3,(H,25,29)/t23-/m0/s1. The Morgan fingerprint density at radius 2 is 1.81 bits per heavy atom. The molecule has 0 spiro atoms. The number of benzene rings is 1. The van der Waals surface area contributed by atoms with Crippen molar-refractivity contribution in [1.29, 1.82) is 0 Å². The predicted molar refractivity (Wildman–Crippen MR) is 127 cm³/mol. The number of piperazine rings is 1. The minimum Gasteiger partial charge on any atom is -0.351 e. The van der Waals surface area contributed by atoms with E-state index < -0.39 is 21.5 Å². The highest BCUT2D eigenvalue weighted by molar-refractivity contribution is 7.89. The zero-order chi connectivity index (χ0) is 23.5. The molecule has 9 heteroatoms. The van der Waals surface area contributed by atoms with E-state index in [1.807, 2.05) is 6.92 Å². The molecule has 32 heavy (non-hydrogen) atoms. The first-order valence-electron chi connectivity index (χ1n) is 11.5. The number of carbonyl (C=O) groups is 2. The number of halogens is 1. The Morgan fingerprint density at radius 3 is 2.41 bits per heavy atom. The lowest BCUT2D eigenvalue weighted by Crippen LogP contribution is -2.71. The van der Waals surface area contributed by atoms with Crippen LogP contribution in [-0.2, 0) is 19.6 Å². The monoisotopic (exact) mass is 483 g/mol. The molecule has 0 unspecified atom stereocenters. The van der Waals surface area contributed by atoms with Gasteiger partial charge in [-0.2, -0.15) is 4.31 Å². The summed E-state index contributed by atoms with van der Waals surface area (Å²) in [6.07, 6.45) is 7.41. The largest absolute Gasteiger partial charge is 0.351 e. The number of nitrogens with zero attached hydrogens (tertiary/aromatic N) is 2. The van der Waals surface area contributed by atoms with Gasteiger partial charge in [-0.1, -0.05) is 49.8 Å². The molecule has 2 fully saturated rings. The Balaban J connectivity index is 1.97. The minimum atomic E-state index is -3.64. The third kappa shape index (κ3) is 5.29. The second kappa shape index (κ2) is 10.1. The summed E-state index contributed by atoms with van der Waals surface area (Å²) in [7, 11) is -3.64. The maximum absolute atomic E-state index is 13.7. The first kappa shape index (κ1) is 25.0. The molecule has 7 nitrogen and oxygen atoms in total. The van der Waals surface area contributed by atoms with Crippen molar-refractivity contribution < 1.29 is 18.0 Å². The Kier molecular flexibility index (Phi) is 7.89. The van der Waals surface area contributed by atoms with Gasteiger partial charge >= 0.3 is 0 Å². The smallest absolute Gasteiger partial charge is 0.247 e. The summed E-state index contributed by atoms with van der Waals surface area (Å²) in [4.78, 5) is 28.4. The number of hydrogen-bond acceptors (Lipinski definition) is 4. The number of amides is 2. The molecule has 1 atom stereocenters. The summed E-state index contributed by atoms with van der Waals surface area (Å²) in [6.45, 7) is 4.65. The fraction of sp³-hybridized carbons (Fsp3) is 0.652. The minimum absolute atomic E-state index is 0.0244. The summed E-state index contributed by atoms with van der Waals surface area (Å²) in [5, 5.41) is 3.63. The number of carbonyl (C=O) groups excluding carboxylic acids is 2. The van der Waals surface area contributed by atoms with Gasteiger partial charge in [0.25, 0.3) is 0 Å². The van der Waals surface area contributed by atoms with Crippen LogP contribution in [0.15, 0.2) is 18.2 Å². The van der Waals surface area contributed by atoms with E-state index in [0.29, 0.717) is 10.7 Å². The molecule has 178 valence electrons. The summed E-state index contributed by atoms with van der Waals surface area (Å²) in [5.41, 5.74) is -0.0383. The average molecular weight is 484 g/mol. The van der Waals surface area contributed by atoms with Crippen molar-refractivity contribution in [2.45, 2.75) is 77.3 Å². The maximum Gasteiger partial charge on any atom is 0.247 e. The zero-order valence-electron chi connectivity index (χ0n) is 19.2. The number of hydrogen-bond donors (Lipinski definition) is 1. The zero-order valence-corrected chi connectivity index (χ0v) is 20.8. The molecule has 1 heterocycles. The molecule has 2 aliphatic rings. The Bertz CT molecular complexity index is 960. The van der Waals surface area contributed by atoms with Crippen LogP contribution in [0.25, 0.3) is 0 Å². The van der Waals surface area contributed by atoms with Crippen molar-refractivity contribution in [3.63, 3.8) is 0 Å². The Hall–Kier alpha value is -1.64. The number of sulfonamides is 1. The summed E-state index contributed by atoms with van der Waals surface area (Å²) >= 11 is 6.32. The molecule has 1 aliphatic heterocycles. The van der Waals surface area contributed by atoms with Gasteiger partial charge in [-0.05, 0) is 51.3 Å². The third-order valence-corrected chi connectivity index (χ3v) is 8.82. The van der Waals surface area contributed by atoms with Crippen LogP contribution in [0.2, 0.25) is 5.02 Å². The van der Waals surface area contributed by atoms with E-state index in [0.717, 1.165) is 48.4 Å². The molecule has 3 rings (SSSR count). The van der Waals surface area contributed by atoms with Gasteiger partial charge in [0.2, 0.25) is 21.8 Å². The van der Waals surface area contributed by atoms with Gasteiger partial charge in [0, 0.05) is 23.3 Å². The van der Waals surface area contributed by atoms with Crippen molar-refractivity contribution >= 4 is 39.1 Å². The van der Waals surface area contributed by atoms with Crippen LogP contribution in [-0.4, -0.2) is 55.0 Å². The fourth-order valence-corrected chi connectivity index (χ4v) is 5.91. The number of anilines is 1. The molecular weight excluding hydrogens is 450 g/mol. The van der Waals surface area contributed by atoms with Crippen molar-refractivity contribution in [3.05, 3.63) is 28.8 Å².